The molecule has 0 saturated heterocycles. The summed E-state index contributed by atoms with van der Waals surface area (Å²) >= 11 is 0. The van der Waals surface area contributed by atoms with Crippen molar-refractivity contribution in [1.82, 2.24) is 10.2 Å². The number of nitriles is 1. The van der Waals surface area contributed by atoms with E-state index in [0.717, 1.165) is 6.92 Å². The predicted molar refractivity (Wildman–Crippen MR) is 121 cm³/mol. The van der Waals surface area contributed by atoms with Gasteiger partial charge in [-0.25, -0.2) is 8.78 Å². The summed E-state index contributed by atoms with van der Waals surface area (Å²) in [7, 11) is 0. The summed E-state index contributed by atoms with van der Waals surface area (Å²) in [6.07, 6.45) is 0.0548. The Morgan fingerprint density at radius 3 is 2.24 bits per heavy atom. The summed E-state index contributed by atoms with van der Waals surface area (Å²) in [5.41, 5.74) is 0.910. The van der Waals surface area contributed by atoms with E-state index >= 15 is 0 Å². The standard InChI is InChI=1S/C25H20F2N4O3/c1-15-3-12-21(31-30-15)29-23(17-8-10-19(11-9-17)25(2,26)27)22(20(33)14-32)24(34)18-6-4-16(13-28)5-7-18/h3-12,14,23,34H,1-2H3,(H,29,31). The Morgan fingerprint density at radius 1 is 1.09 bits per heavy atom. The van der Waals surface area contributed by atoms with Crippen molar-refractivity contribution in [3.63, 3.8) is 0 Å². The third kappa shape index (κ3) is 5.48. The fourth-order valence-electron chi connectivity index (χ4n) is 3.23. The van der Waals surface area contributed by atoms with E-state index < -0.39 is 23.5 Å². The molecule has 0 amide bonds. The number of nitrogens with zero attached hydrogens (tertiary/aromatic N) is 3. The molecule has 0 bridgehead atoms. The van der Waals surface area contributed by atoms with E-state index in [0.29, 0.717) is 16.8 Å². The number of ketones is 1. The van der Waals surface area contributed by atoms with Crippen molar-refractivity contribution in [3.05, 3.63) is 94.2 Å². The number of benzene rings is 2. The summed E-state index contributed by atoms with van der Waals surface area (Å²) < 4.78 is 27.4. The lowest BCUT2D eigenvalue weighted by Gasteiger charge is -2.23. The van der Waals surface area contributed by atoms with Crippen LogP contribution in [0.15, 0.2) is 66.2 Å². The van der Waals surface area contributed by atoms with Gasteiger partial charge < -0.3 is 10.4 Å². The van der Waals surface area contributed by atoms with E-state index in [-0.39, 0.29) is 28.8 Å². The molecule has 1 unspecified atom stereocenters. The summed E-state index contributed by atoms with van der Waals surface area (Å²) in [4.78, 5) is 24.2. The zero-order valence-corrected chi connectivity index (χ0v) is 18.3. The second kappa shape index (κ2) is 10.0. The van der Waals surface area contributed by atoms with Gasteiger partial charge in [-0.3, -0.25) is 9.59 Å². The van der Waals surface area contributed by atoms with Gasteiger partial charge in [0.15, 0.2) is 6.29 Å². The molecule has 3 aromatic rings. The van der Waals surface area contributed by atoms with Crippen molar-refractivity contribution in [2.45, 2.75) is 25.8 Å². The summed E-state index contributed by atoms with van der Waals surface area (Å²) in [5, 5.41) is 30.9. The molecule has 3 rings (SSSR count). The SMILES string of the molecule is Cc1ccc(NC(C(C(=O)C=O)=C(O)c2ccc(C#N)cc2)c2ccc(C(C)(F)F)cc2)nn1. The van der Waals surface area contributed by atoms with Crippen LogP contribution in [0.3, 0.4) is 0 Å². The fourth-order valence-corrected chi connectivity index (χ4v) is 3.23. The molecule has 1 atom stereocenters. The Morgan fingerprint density at radius 2 is 1.74 bits per heavy atom. The van der Waals surface area contributed by atoms with Gasteiger partial charge in [0.1, 0.15) is 11.6 Å². The highest BCUT2D eigenvalue weighted by atomic mass is 19.3. The molecule has 7 nitrogen and oxygen atoms in total. The number of halogens is 2. The van der Waals surface area contributed by atoms with Crippen LogP contribution >= 0.6 is 0 Å². The van der Waals surface area contributed by atoms with Gasteiger partial charge in [-0.1, -0.05) is 24.3 Å². The molecule has 2 N–H and O–H groups in total. The first kappa shape index (κ1) is 24.2. The second-order valence-electron chi connectivity index (χ2n) is 7.58. The average molecular weight is 462 g/mol. The fraction of sp³-hybridized carbons (Fsp3) is 0.160. The quantitative estimate of drug-likeness (QED) is 0.216. The van der Waals surface area contributed by atoms with Gasteiger partial charge in [0, 0.05) is 18.1 Å². The third-order valence-electron chi connectivity index (χ3n) is 5.04. The number of carbonyl (C=O) groups excluding carboxylic acids is 2. The van der Waals surface area contributed by atoms with Crippen molar-refractivity contribution >= 4 is 23.6 Å². The number of hydrogen-bond acceptors (Lipinski definition) is 7. The normalized spacial score (nSPS) is 12.8. The number of carbonyl (C=O) groups is 2. The van der Waals surface area contributed by atoms with Gasteiger partial charge in [0.05, 0.1) is 28.9 Å². The largest absolute Gasteiger partial charge is 0.507 e. The molecule has 0 spiro atoms. The zero-order chi connectivity index (χ0) is 24.9. The van der Waals surface area contributed by atoms with Gasteiger partial charge in [0.25, 0.3) is 5.92 Å². The van der Waals surface area contributed by atoms with E-state index in [9.17, 15) is 23.5 Å². The highest BCUT2D eigenvalue weighted by molar-refractivity contribution is 6.35. The van der Waals surface area contributed by atoms with Crippen LogP contribution in [0.5, 0.6) is 0 Å². The van der Waals surface area contributed by atoms with Crippen molar-refractivity contribution < 1.29 is 23.5 Å². The van der Waals surface area contributed by atoms with Crippen LogP contribution in [-0.2, 0) is 15.5 Å². The first-order chi connectivity index (χ1) is 16.1. The van der Waals surface area contributed by atoms with Crippen LogP contribution in [0.25, 0.3) is 5.76 Å². The minimum absolute atomic E-state index is 0.0548. The monoisotopic (exact) mass is 462 g/mol. The molecule has 2 aromatic carbocycles. The van der Waals surface area contributed by atoms with Gasteiger partial charge in [-0.2, -0.15) is 10.4 Å². The van der Waals surface area contributed by atoms with Crippen LogP contribution in [0.2, 0.25) is 0 Å². The molecular formula is C25H20F2N4O3. The van der Waals surface area contributed by atoms with Gasteiger partial charge in [-0.15, -0.1) is 5.10 Å². The van der Waals surface area contributed by atoms with Crippen LogP contribution in [0.1, 0.15) is 40.9 Å². The number of anilines is 1. The van der Waals surface area contributed by atoms with Gasteiger partial charge in [-0.05, 0) is 48.9 Å². The van der Waals surface area contributed by atoms with Crippen molar-refractivity contribution in [2.24, 2.45) is 0 Å². The summed E-state index contributed by atoms with van der Waals surface area (Å²) in [6.45, 7) is 2.49. The minimum Gasteiger partial charge on any atom is -0.507 e. The van der Waals surface area contributed by atoms with E-state index in [2.05, 4.69) is 15.5 Å². The maximum atomic E-state index is 13.7. The van der Waals surface area contributed by atoms with Gasteiger partial charge >= 0.3 is 0 Å². The number of aromatic nitrogens is 2. The molecule has 172 valence electrons. The Kier molecular flexibility index (Phi) is 7.12. The first-order valence-electron chi connectivity index (χ1n) is 10.1. The Bertz CT molecular complexity index is 1260. The van der Waals surface area contributed by atoms with Crippen LogP contribution in [0.4, 0.5) is 14.6 Å². The number of aldehydes is 1. The number of alkyl halides is 2. The lowest BCUT2D eigenvalue weighted by molar-refractivity contribution is -0.127. The minimum atomic E-state index is -3.08. The Labute approximate surface area is 194 Å². The molecule has 0 fully saturated rings. The second-order valence-corrected chi connectivity index (χ2v) is 7.58. The number of nitrogens with one attached hydrogen (secondary N) is 1. The molecule has 0 aliphatic heterocycles. The highest BCUT2D eigenvalue weighted by Gasteiger charge is 2.29. The summed E-state index contributed by atoms with van der Waals surface area (Å²) in [5.74, 6) is -4.39. The van der Waals surface area contributed by atoms with Crippen LogP contribution in [0, 0.1) is 18.3 Å². The van der Waals surface area contributed by atoms with Gasteiger partial charge in [0.2, 0.25) is 5.78 Å². The van der Waals surface area contributed by atoms with Crippen molar-refractivity contribution in [1.29, 1.82) is 5.26 Å². The maximum absolute atomic E-state index is 13.7. The molecule has 1 aromatic heterocycles. The molecule has 34 heavy (non-hydrogen) atoms. The van der Waals surface area contributed by atoms with E-state index in [1.807, 2.05) is 6.07 Å². The number of aliphatic hydroxyl groups is 1. The lowest BCUT2D eigenvalue weighted by atomic mass is 9.91. The van der Waals surface area contributed by atoms with Crippen molar-refractivity contribution in [2.75, 3.05) is 5.32 Å². The zero-order valence-electron chi connectivity index (χ0n) is 18.3. The average Bonchev–Trinajstić information content (AvgIpc) is 2.84. The molecule has 0 aliphatic carbocycles. The number of aryl methyl sites for hydroxylation is 1. The highest BCUT2D eigenvalue weighted by Crippen LogP contribution is 2.34. The Hall–Kier alpha value is -4.45. The predicted octanol–water partition coefficient (Wildman–Crippen LogP) is 4.66. The van der Waals surface area contributed by atoms with E-state index in [1.54, 1.807) is 19.1 Å². The number of Topliss-reactive ketones (excluding diaryl/α,β-unsaturated/α-hetero) is 1. The third-order valence-corrected chi connectivity index (χ3v) is 5.04. The Balaban J connectivity index is 2.18. The number of rotatable bonds is 8. The maximum Gasteiger partial charge on any atom is 0.270 e. The molecule has 1 heterocycles. The number of aliphatic hydroxyl groups excluding tert-OH is 1. The first-order valence-corrected chi connectivity index (χ1v) is 10.1. The molecule has 0 aliphatic rings. The lowest BCUT2D eigenvalue weighted by Crippen LogP contribution is -2.22. The van der Waals surface area contributed by atoms with Crippen molar-refractivity contribution in [3.8, 4) is 6.07 Å². The topological polar surface area (TPSA) is 116 Å². The van der Waals surface area contributed by atoms with E-state index in [1.165, 1.54) is 48.5 Å². The van der Waals surface area contributed by atoms with Crippen LogP contribution in [-0.4, -0.2) is 27.4 Å². The number of hydrogen-bond donors (Lipinski definition) is 2. The molecule has 0 radical (unpaired) electrons. The smallest absolute Gasteiger partial charge is 0.270 e. The summed E-state index contributed by atoms with van der Waals surface area (Å²) in [6, 6.07) is 15.0. The molecule has 0 saturated carbocycles. The van der Waals surface area contributed by atoms with E-state index in [4.69, 9.17) is 5.26 Å². The van der Waals surface area contributed by atoms with Crippen LogP contribution < -0.4 is 5.32 Å². The molecule has 9 heteroatoms. The molecular weight excluding hydrogens is 442 g/mol.